The van der Waals surface area contributed by atoms with Crippen LogP contribution in [-0.4, -0.2) is 11.1 Å². The standard InChI is InChI=1S/C8H10N2OS/c1-8(2,3)7-10-6(4-12-7)9-5-11/h4H,1-3H3. The van der Waals surface area contributed by atoms with Crippen molar-refractivity contribution < 1.29 is 4.79 Å². The molecule has 0 N–H and O–H groups in total. The van der Waals surface area contributed by atoms with Gasteiger partial charge in [-0.15, -0.1) is 16.3 Å². The van der Waals surface area contributed by atoms with Crippen molar-refractivity contribution in [2.45, 2.75) is 26.2 Å². The highest BCUT2D eigenvalue weighted by Crippen LogP contribution is 2.28. The summed E-state index contributed by atoms with van der Waals surface area (Å²) in [4.78, 5) is 17.5. The van der Waals surface area contributed by atoms with Crippen molar-refractivity contribution in [2.75, 3.05) is 0 Å². The molecule has 1 aromatic heterocycles. The third-order valence-corrected chi connectivity index (χ3v) is 2.55. The predicted molar refractivity (Wildman–Crippen MR) is 48.6 cm³/mol. The molecule has 4 heteroatoms. The third kappa shape index (κ3) is 2.00. The molecule has 1 rings (SSSR count). The summed E-state index contributed by atoms with van der Waals surface area (Å²) in [5.74, 6) is 0.458. The SMILES string of the molecule is CC(C)(C)c1nc(N=C=O)cs1. The van der Waals surface area contributed by atoms with Gasteiger partial charge >= 0.3 is 0 Å². The van der Waals surface area contributed by atoms with Crippen molar-refractivity contribution in [1.29, 1.82) is 0 Å². The van der Waals surface area contributed by atoms with Crippen LogP contribution in [0, 0.1) is 0 Å². The summed E-state index contributed by atoms with van der Waals surface area (Å²) in [6.45, 7) is 6.21. The molecule has 0 aliphatic carbocycles. The Hall–Kier alpha value is -0.990. The molecule has 0 unspecified atom stereocenters. The molecule has 1 heterocycles. The van der Waals surface area contributed by atoms with Gasteiger partial charge in [-0.05, 0) is 0 Å². The number of carbonyl (C=O) groups excluding carboxylic acids is 1. The highest BCUT2D eigenvalue weighted by atomic mass is 32.1. The van der Waals surface area contributed by atoms with Crippen LogP contribution in [0.1, 0.15) is 25.8 Å². The van der Waals surface area contributed by atoms with Crippen LogP contribution in [0.4, 0.5) is 5.82 Å². The van der Waals surface area contributed by atoms with Crippen LogP contribution in [0.3, 0.4) is 0 Å². The van der Waals surface area contributed by atoms with E-state index >= 15 is 0 Å². The van der Waals surface area contributed by atoms with Crippen LogP contribution in [0.2, 0.25) is 0 Å². The van der Waals surface area contributed by atoms with Gasteiger partial charge in [0.15, 0.2) is 5.82 Å². The molecular weight excluding hydrogens is 172 g/mol. The molecule has 0 atom stereocenters. The van der Waals surface area contributed by atoms with E-state index in [1.807, 2.05) is 0 Å². The number of rotatable bonds is 1. The minimum absolute atomic E-state index is 0.0291. The summed E-state index contributed by atoms with van der Waals surface area (Å²) < 4.78 is 0. The topological polar surface area (TPSA) is 42.3 Å². The maximum absolute atomic E-state index is 9.91. The molecule has 0 saturated carbocycles. The first kappa shape index (κ1) is 9.10. The van der Waals surface area contributed by atoms with Crippen LogP contribution < -0.4 is 0 Å². The average Bonchev–Trinajstić information content (AvgIpc) is 2.35. The van der Waals surface area contributed by atoms with Crippen LogP contribution >= 0.6 is 11.3 Å². The maximum Gasteiger partial charge on any atom is 0.242 e. The molecule has 0 aliphatic rings. The number of aliphatic imine (C=N–C) groups is 1. The van der Waals surface area contributed by atoms with Gasteiger partial charge in [-0.1, -0.05) is 20.8 Å². The molecule has 0 aliphatic heterocycles. The Balaban J connectivity index is 2.99. The zero-order chi connectivity index (χ0) is 9.19. The van der Waals surface area contributed by atoms with Crippen molar-refractivity contribution >= 4 is 23.2 Å². The largest absolute Gasteiger partial charge is 0.242 e. The Bertz CT molecular complexity index is 318. The number of hydrogen-bond donors (Lipinski definition) is 0. The van der Waals surface area contributed by atoms with Gasteiger partial charge in [-0.2, -0.15) is 0 Å². The molecule has 0 amide bonds. The van der Waals surface area contributed by atoms with Gasteiger partial charge in [-0.25, -0.2) is 9.78 Å². The lowest BCUT2D eigenvalue weighted by Crippen LogP contribution is -2.09. The van der Waals surface area contributed by atoms with Crippen LogP contribution in [0.15, 0.2) is 10.4 Å². The Labute approximate surface area is 75.2 Å². The van der Waals surface area contributed by atoms with E-state index in [0.29, 0.717) is 5.82 Å². The van der Waals surface area contributed by atoms with Crippen molar-refractivity contribution in [3.05, 3.63) is 10.4 Å². The fourth-order valence-corrected chi connectivity index (χ4v) is 1.53. The molecule has 0 fully saturated rings. The molecular formula is C8H10N2OS. The second kappa shape index (κ2) is 3.17. The highest BCUT2D eigenvalue weighted by Gasteiger charge is 2.17. The van der Waals surface area contributed by atoms with E-state index < -0.39 is 0 Å². The first-order valence-corrected chi connectivity index (χ1v) is 4.46. The van der Waals surface area contributed by atoms with Crippen molar-refractivity contribution in [3.63, 3.8) is 0 Å². The molecule has 0 bridgehead atoms. The van der Waals surface area contributed by atoms with Crippen LogP contribution in [0.25, 0.3) is 0 Å². The number of isocyanates is 1. The Morgan fingerprint density at radius 1 is 1.58 bits per heavy atom. The molecule has 3 nitrogen and oxygen atoms in total. The van der Waals surface area contributed by atoms with E-state index in [1.54, 1.807) is 5.38 Å². The van der Waals surface area contributed by atoms with E-state index in [4.69, 9.17) is 0 Å². The lowest BCUT2D eigenvalue weighted by atomic mass is 9.98. The lowest BCUT2D eigenvalue weighted by Gasteiger charge is -2.12. The fraction of sp³-hybridized carbons (Fsp3) is 0.500. The van der Waals surface area contributed by atoms with Crippen molar-refractivity contribution in [2.24, 2.45) is 4.99 Å². The maximum atomic E-state index is 9.91. The summed E-state index contributed by atoms with van der Waals surface area (Å²) >= 11 is 1.51. The fourth-order valence-electron chi connectivity index (χ4n) is 0.708. The summed E-state index contributed by atoms with van der Waals surface area (Å²) in [6, 6.07) is 0. The van der Waals surface area contributed by atoms with Gasteiger partial charge in [0.25, 0.3) is 0 Å². The number of nitrogens with zero attached hydrogens (tertiary/aromatic N) is 2. The zero-order valence-corrected chi connectivity index (χ0v) is 8.10. The van der Waals surface area contributed by atoms with Gasteiger partial charge in [0.05, 0.1) is 0 Å². The Kier molecular flexibility index (Phi) is 2.40. The normalized spacial score (nSPS) is 10.9. The van der Waals surface area contributed by atoms with Crippen LogP contribution in [-0.2, 0) is 10.2 Å². The van der Waals surface area contributed by atoms with Gasteiger partial charge in [0, 0.05) is 10.8 Å². The van der Waals surface area contributed by atoms with Crippen molar-refractivity contribution in [3.8, 4) is 0 Å². The van der Waals surface area contributed by atoms with Gasteiger partial charge in [0.1, 0.15) is 5.01 Å². The number of thiazole rings is 1. The molecule has 12 heavy (non-hydrogen) atoms. The van der Waals surface area contributed by atoms with E-state index in [-0.39, 0.29) is 5.41 Å². The Morgan fingerprint density at radius 2 is 2.25 bits per heavy atom. The first-order valence-electron chi connectivity index (χ1n) is 3.58. The zero-order valence-electron chi connectivity index (χ0n) is 7.29. The van der Waals surface area contributed by atoms with E-state index in [0.717, 1.165) is 5.01 Å². The van der Waals surface area contributed by atoms with E-state index in [1.165, 1.54) is 17.4 Å². The van der Waals surface area contributed by atoms with Gasteiger partial charge in [0.2, 0.25) is 6.08 Å². The highest BCUT2D eigenvalue weighted by molar-refractivity contribution is 7.10. The van der Waals surface area contributed by atoms with E-state index in [9.17, 15) is 4.79 Å². The second-order valence-corrected chi connectivity index (χ2v) is 4.32. The molecule has 1 aromatic rings. The van der Waals surface area contributed by atoms with Gasteiger partial charge < -0.3 is 0 Å². The van der Waals surface area contributed by atoms with Crippen LogP contribution in [0.5, 0.6) is 0 Å². The second-order valence-electron chi connectivity index (χ2n) is 3.46. The predicted octanol–water partition coefficient (Wildman–Crippen LogP) is 2.41. The third-order valence-electron chi connectivity index (χ3n) is 1.29. The molecule has 0 spiro atoms. The molecule has 64 valence electrons. The summed E-state index contributed by atoms with van der Waals surface area (Å²) in [5, 5.41) is 2.74. The lowest BCUT2D eigenvalue weighted by molar-refractivity contribution is 0.564. The minimum Gasteiger partial charge on any atom is -0.221 e. The Morgan fingerprint density at radius 3 is 2.67 bits per heavy atom. The summed E-state index contributed by atoms with van der Waals surface area (Å²) in [5.41, 5.74) is 0.0291. The quantitative estimate of drug-likeness (QED) is 0.494. The van der Waals surface area contributed by atoms with E-state index in [2.05, 4.69) is 30.7 Å². The monoisotopic (exact) mass is 182 g/mol. The smallest absolute Gasteiger partial charge is 0.221 e. The number of aromatic nitrogens is 1. The average molecular weight is 182 g/mol. The molecule has 0 saturated heterocycles. The summed E-state index contributed by atoms with van der Waals surface area (Å²) in [7, 11) is 0. The first-order chi connectivity index (χ1) is 5.54. The number of hydrogen-bond acceptors (Lipinski definition) is 4. The van der Waals surface area contributed by atoms with Gasteiger partial charge in [-0.3, -0.25) is 0 Å². The van der Waals surface area contributed by atoms with Crippen molar-refractivity contribution in [1.82, 2.24) is 4.98 Å². The molecule has 0 aromatic carbocycles. The summed E-state index contributed by atoms with van der Waals surface area (Å²) in [6.07, 6.45) is 1.47. The minimum atomic E-state index is 0.0291. The molecule has 0 radical (unpaired) electrons.